The molecule has 3 heteroatoms. The molecule has 0 aliphatic heterocycles. The quantitative estimate of drug-likeness (QED) is 0.481. The number of unbranched alkanes of at least 4 members (excludes halogenated alkanes) is 6. The number of aryl methyl sites for hydroxylation is 1. The van der Waals surface area contributed by atoms with Gasteiger partial charge in [0, 0.05) is 0 Å². The summed E-state index contributed by atoms with van der Waals surface area (Å²) in [6.07, 6.45) is 11.5. The molecule has 1 heterocycles. The van der Waals surface area contributed by atoms with Crippen molar-refractivity contribution in [2.45, 2.75) is 58.3 Å². The van der Waals surface area contributed by atoms with Crippen LogP contribution < -0.4 is 0 Å². The standard InChI is InChI=1S/C11H21P3/c1-2-3-4-5-6-7-8-9-11-10-12-14-13-11/h10,12H,2-9H2,1H3. The molecule has 0 aliphatic carbocycles. The third-order valence-corrected chi connectivity index (χ3v) is 7.79. The zero-order chi connectivity index (χ0) is 10.1. The van der Waals surface area contributed by atoms with Crippen molar-refractivity contribution in [3.8, 4) is 0 Å². The minimum Gasteiger partial charge on any atom is -0.105 e. The second kappa shape index (κ2) is 8.91. The summed E-state index contributed by atoms with van der Waals surface area (Å²) in [6.45, 7) is 2.28. The summed E-state index contributed by atoms with van der Waals surface area (Å²) in [5.41, 5.74) is 0. The Morgan fingerprint density at radius 3 is 2.43 bits per heavy atom. The average molecular weight is 246 g/mol. The van der Waals surface area contributed by atoms with Crippen LogP contribution in [0.25, 0.3) is 0 Å². The van der Waals surface area contributed by atoms with Crippen molar-refractivity contribution in [3.63, 3.8) is 0 Å². The molecule has 0 saturated carbocycles. The van der Waals surface area contributed by atoms with Gasteiger partial charge in [-0.1, -0.05) is 45.4 Å². The summed E-state index contributed by atoms with van der Waals surface area (Å²) < 4.78 is 0. The normalized spacial score (nSPS) is 12.4. The second-order valence-corrected chi connectivity index (χ2v) is 9.13. The Morgan fingerprint density at radius 1 is 1.07 bits per heavy atom. The zero-order valence-electron chi connectivity index (χ0n) is 9.13. The molecule has 1 rings (SSSR count). The molecule has 0 N–H and O–H groups in total. The third kappa shape index (κ3) is 6.19. The van der Waals surface area contributed by atoms with E-state index in [2.05, 4.69) is 12.7 Å². The van der Waals surface area contributed by atoms with Crippen LogP contribution in [0.15, 0.2) is 5.80 Å². The fraction of sp³-hybridized carbons (Fsp3) is 0.818. The second-order valence-electron chi connectivity index (χ2n) is 3.84. The minimum atomic E-state index is 1.10. The first-order valence-electron chi connectivity index (χ1n) is 5.79. The molecule has 0 nitrogen and oxygen atoms in total. The highest BCUT2D eigenvalue weighted by Crippen LogP contribution is 2.37. The molecule has 1 aromatic rings. The van der Waals surface area contributed by atoms with Crippen LogP contribution in [0.4, 0.5) is 0 Å². The van der Waals surface area contributed by atoms with Gasteiger partial charge >= 0.3 is 0 Å². The highest BCUT2D eigenvalue weighted by atomic mass is 32.1. The van der Waals surface area contributed by atoms with Crippen LogP contribution in [0, 0.1) is 0 Å². The van der Waals surface area contributed by atoms with Gasteiger partial charge in [-0.05, 0) is 39.4 Å². The Kier molecular flexibility index (Phi) is 8.09. The highest BCUT2D eigenvalue weighted by molar-refractivity contribution is 8.17. The van der Waals surface area contributed by atoms with Gasteiger partial charge in [0.05, 0.1) is 0 Å². The van der Waals surface area contributed by atoms with Crippen molar-refractivity contribution in [1.29, 1.82) is 0 Å². The van der Waals surface area contributed by atoms with Crippen LogP contribution in [0.2, 0.25) is 0 Å². The van der Waals surface area contributed by atoms with Gasteiger partial charge in [0.1, 0.15) is 0 Å². The van der Waals surface area contributed by atoms with Gasteiger partial charge < -0.3 is 0 Å². The van der Waals surface area contributed by atoms with Crippen LogP contribution in [0.3, 0.4) is 0 Å². The van der Waals surface area contributed by atoms with Crippen molar-refractivity contribution in [2.24, 2.45) is 0 Å². The van der Waals surface area contributed by atoms with Crippen LogP contribution in [-0.4, -0.2) is 0 Å². The van der Waals surface area contributed by atoms with E-state index in [1.807, 2.05) is 0 Å². The molecule has 14 heavy (non-hydrogen) atoms. The molecule has 1 atom stereocenters. The van der Waals surface area contributed by atoms with Gasteiger partial charge in [-0.15, -0.1) is 7.87 Å². The zero-order valence-corrected chi connectivity index (χ0v) is 11.9. The van der Waals surface area contributed by atoms with E-state index in [1.54, 1.807) is 20.7 Å². The smallest absolute Gasteiger partial charge is 0.0118 e. The Labute approximate surface area is 93.0 Å². The molecule has 0 fully saturated rings. The molecule has 0 spiro atoms. The van der Waals surface area contributed by atoms with Crippen molar-refractivity contribution in [3.05, 3.63) is 11.1 Å². The summed E-state index contributed by atoms with van der Waals surface area (Å²) in [4.78, 5) is 0. The lowest BCUT2D eigenvalue weighted by molar-refractivity contribution is 0.590. The summed E-state index contributed by atoms with van der Waals surface area (Å²) >= 11 is 0. The first-order chi connectivity index (χ1) is 6.93. The van der Waals surface area contributed by atoms with E-state index < -0.39 is 0 Å². The van der Waals surface area contributed by atoms with E-state index in [9.17, 15) is 0 Å². The first-order valence-corrected chi connectivity index (χ1v) is 10.2. The lowest BCUT2D eigenvalue weighted by Crippen LogP contribution is -1.82. The van der Waals surface area contributed by atoms with Crippen LogP contribution in [-0.2, 0) is 6.42 Å². The molecular weight excluding hydrogens is 225 g/mol. The maximum Gasteiger partial charge on any atom is -0.0118 e. The molecule has 0 radical (unpaired) electrons. The molecule has 80 valence electrons. The van der Waals surface area contributed by atoms with Gasteiger partial charge in [-0.25, -0.2) is 0 Å². The maximum atomic E-state index is 2.47. The van der Waals surface area contributed by atoms with Gasteiger partial charge in [0.15, 0.2) is 0 Å². The van der Waals surface area contributed by atoms with E-state index in [-0.39, 0.29) is 0 Å². The Hall–Kier alpha value is 0.640. The predicted molar refractivity (Wildman–Crippen MR) is 72.7 cm³/mol. The molecule has 0 saturated heterocycles. The van der Waals surface area contributed by atoms with Gasteiger partial charge in [0.2, 0.25) is 0 Å². The monoisotopic (exact) mass is 246 g/mol. The van der Waals surface area contributed by atoms with Crippen molar-refractivity contribution in [2.75, 3.05) is 0 Å². The molecule has 0 aromatic carbocycles. The summed E-state index contributed by atoms with van der Waals surface area (Å²) in [5, 5.41) is 1.72. The fourth-order valence-corrected chi connectivity index (χ4v) is 7.35. The van der Waals surface area contributed by atoms with E-state index in [0.717, 1.165) is 7.87 Å². The summed E-state index contributed by atoms with van der Waals surface area (Å²) in [6, 6.07) is 0. The average Bonchev–Trinajstić information content (AvgIpc) is 2.69. The van der Waals surface area contributed by atoms with Gasteiger partial charge in [-0.2, -0.15) is 0 Å². The molecular formula is C11H21P3. The minimum absolute atomic E-state index is 1.10. The predicted octanol–water partition coefficient (Wildman–Crippen LogP) is 6.17. The Morgan fingerprint density at radius 2 is 1.79 bits per heavy atom. The lowest BCUT2D eigenvalue weighted by Gasteiger charge is -1.99. The molecule has 0 amide bonds. The number of hydrogen-bond donors (Lipinski definition) is 0. The summed E-state index contributed by atoms with van der Waals surface area (Å²) in [7, 11) is 4.34. The van der Waals surface area contributed by atoms with Crippen LogP contribution >= 0.6 is 23.3 Å². The fourth-order valence-electron chi connectivity index (χ4n) is 1.61. The van der Waals surface area contributed by atoms with Crippen molar-refractivity contribution < 1.29 is 0 Å². The molecule has 1 aromatic heterocycles. The SMILES string of the molecule is CCCCCCCCCc1c[pH]pp1. The van der Waals surface area contributed by atoms with E-state index in [1.165, 1.54) is 51.4 Å². The molecule has 0 aliphatic rings. The lowest BCUT2D eigenvalue weighted by atomic mass is 10.1. The highest BCUT2D eigenvalue weighted by Gasteiger charge is 1.94. The third-order valence-electron chi connectivity index (χ3n) is 2.50. The molecule has 0 bridgehead atoms. The summed E-state index contributed by atoms with van der Waals surface area (Å²) in [5.74, 6) is 2.47. The van der Waals surface area contributed by atoms with Crippen molar-refractivity contribution >= 4 is 23.3 Å². The van der Waals surface area contributed by atoms with Crippen LogP contribution in [0.5, 0.6) is 0 Å². The number of rotatable bonds is 8. The van der Waals surface area contributed by atoms with Gasteiger partial charge in [-0.3, -0.25) is 0 Å². The van der Waals surface area contributed by atoms with Gasteiger partial charge in [0.25, 0.3) is 0 Å². The van der Waals surface area contributed by atoms with E-state index in [0.29, 0.717) is 0 Å². The topological polar surface area (TPSA) is 0 Å². The first kappa shape index (κ1) is 12.7. The van der Waals surface area contributed by atoms with Crippen molar-refractivity contribution in [1.82, 2.24) is 0 Å². The maximum absolute atomic E-state index is 2.47. The molecule has 1 unspecified atom stereocenters. The van der Waals surface area contributed by atoms with Crippen LogP contribution in [0.1, 0.15) is 57.2 Å². The Balaban J connectivity index is 1.85. The van der Waals surface area contributed by atoms with E-state index >= 15 is 0 Å². The van der Waals surface area contributed by atoms with E-state index in [4.69, 9.17) is 0 Å². The largest absolute Gasteiger partial charge is 0.105 e. The Bertz CT molecular complexity index is 206. The number of hydrogen-bond acceptors (Lipinski definition) is 0.